The first kappa shape index (κ1) is 20.2. The van der Waals surface area contributed by atoms with Gasteiger partial charge in [0.1, 0.15) is 5.69 Å². The first-order chi connectivity index (χ1) is 14.1. The van der Waals surface area contributed by atoms with E-state index in [-0.39, 0.29) is 17.3 Å². The number of nitrogens with two attached hydrogens (primary N) is 2. The number of benzene rings is 2. The molecule has 0 spiro atoms. The van der Waals surface area contributed by atoms with E-state index in [2.05, 4.69) is 20.8 Å². The number of nitrogens with one attached hydrogen (secondary N) is 3. The highest BCUT2D eigenvalue weighted by Crippen LogP contribution is 2.13. The summed E-state index contributed by atoms with van der Waals surface area (Å²) in [5.74, 6) is -0.785. The summed E-state index contributed by atoms with van der Waals surface area (Å²) < 4.78 is 0. The van der Waals surface area contributed by atoms with Gasteiger partial charge in [0.15, 0.2) is 5.69 Å². The fraction of sp³-hybridized carbons (Fsp3) is 0.190. The van der Waals surface area contributed by atoms with E-state index in [0.29, 0.717) is 24.5 Å². The highest BCUT2D eigenvalue weighted by atomic mass is 16.2. The molecule has 0 aliphatic rings. The number of aromatic nitrogens is 2. The zero-order valence-electron chi connectivity index (χ0n) is 15.9. The molecule has 0 radical (unpaired) electrons. The minimum Gasteiger partial charge on any atom is -0.330 e. The van der Waals surface area contributed by atoms with Crippen molar-refractivity contribution in [3.8, 4) is 0 Å². The van der Waals surface area contributed by atoms with Gasteiger partial charge in [-0.2, -0.15) is 5.10 Å². The third kappa shape index (κ3) is 5.50. The summed E-state index contributed by atoms with van der Waals surface area (Å²) in [6.07, 6.45) is 1.56. The summed E-state index contributed by atoms with van der Waals surface area (Å²) in [5.41, 5.74) is 14.9. The van der Waals surface area contributed by atoms with Crippen LogP contribution in [0.25, 0.3) is 0 Å². The molecule has 0 saturated carbocycles. The quantitative estimate of drug-likeness (QED) is 0.398. The molecule has 3 aromatic rings. The lowest BCUT2D eigenvalue weighted by Gasteiger charge is -2.05. The SMILES string of the molecule is NCCc1ccc(NC(=O)c2cc(C(=O)Nc3ccc(CCN)cc3)[nH]n2)cc1. The van der Waals surface area contributed by atoms with Crippen LogP contribution in [0.1, 0.15) is 32.1 Å². The minimum absolute atomic E-state index is 0.125. The number of anilines is 2. The predicted octanol–water partition coefficient (Wildman–Crippen LogP) is 1.92. The second kappa shape index (κ2) is 9.63. The molecule has 3 rings (SSSR count). The molecule has 0 unspecified atom stereocenters. The highest BCUT2D eigenvalue weighted by Gasteiger charge is 2.15. The Morgan fingerprint density at radius 3 is 1.76 bits per heavy atom. The normalized spacial score (nSPS) is 10.6. The summed E-state index contributed by atoms with van der Waals surface area (Å²) in [7, 11) is 0. The molecule has 0 fully saturated rings. The Bertz CT molecular complexity index is 886. The maximum Gasteiger partial charge on any atom is 0.276 e. The molecule has 2 aromatic carbocycles. The highest BCUT2D eigenvalue weighted by molar-refractivity contribution is 6.07. The number of rotatable bonds is 8. The minimum atomic E-state index is -0.405. The summed E-state index contributed by atoms with van der Waals surface area (Å²) in [5, 5.41) is 12.0. The zero-order valence-corrected chi connectivity index (χ0v) is 15.9. The van der Waals surface area contributed by atoms with E-state index >= 15 is 0 Å². The van der Waals surface area contributed by atoms with Gasteiger partial charge in [-0.15, -0.1) is 0 Å². The Kier molecular flexibility index (Phi) is 6.72. The van der Waals surface area contributed by atoms with Crippen molar-refractivity contribution in [2.45, 2.75) is 12.8 Å². The van der Waals surface area contributed by atoms with Crippen LogP contribution >= 0.6 is 0 Å². The maximum absolute atomic E-state index is 12.4. The zero-order chi connectivity index (χ0) is 20.6. The van der Waals surface area contributed by atoms with Crippen molar-refractivity contribution in [1.82, 2.24) is 10.2 Å². The number of hydrogen-bond acceptors (Lipinski definition) is 5. The van der Waals surface area contributed by atoms with E-state index in [9.17, 15) is 9.59 Å². The van der Waals surface area contributed by atoms with E-state index in [1.165, 1.54) is 6.07 Å². The van der Waals surface area contributed by atoms with Gasteiger partial charge in [-0.05, 0) is 61.3 Å². The van der Waals surface area contributed by atoms with Crippen LogP contribution in [0, 0.1) is 0 Å². The van der Waals surface area contributed by atoms with Crippen molar-refractivity contribution in [3.05, 3.63) is 77.1 Å². The molecule has 150 valence electrons. The average Bonchev–Trinajstić information content (AvgIpc) is 3.22. The first-order valence-corrected chi connectivity index (χ1v) is 9.35. The Balaban J connectivity index is 1.60. The van der Waals surface area contributed by atoms with E-state index in [1.807, 2.05) is 24.3 Å². The second-order valence-corrected chi connectivity index (χ2v) is 6.55. The fourth-order valence-electron chi connectivity index (χ4n) is 2.79. The molecule has 0 aliphatic carbocycles. The van der Waals surface area contributed by atoms with Gasteiger partial charge >= 0.3 is 0 Å². The standard InChI is InChI=1S/C21H24N6O2/c22-11-9-14-1-5-16(6-2-14)24-20(28)18-13-19(27-26-18)21(29)25-17-7-3-15(4-8-17)10-12-23/h1-8,13H,9-12,22-23H2,(H,24,28)(H,25,29)(H,26,27). The lowest BCUT2D eigenvalue weighted by atomic mass is 10.1. The monoisotopic (exact) mass is 392 g/mol. The number of carbonyl (C=O) groups is 2. The molecule has 0 aliphatic heterocycles. The number of carbonyl (C=O) groups excluding carboxylic acids is 2. The molecule has 29 heavy (non-hydrogen) atoms. The largest absolute Gasteiger partial charge is 0.330 e. The lowest BCUT2D eigenvalue weighted by molar-refractivity contribution is 0.101. The number of H-pyrrole nitrogens is 1. The first-order valence-electron chi connectivity index (χ1n) is 9.35. The summed E-state index contributed by atoms with van der Waals surface area (Å²) in [6, 6.07) is 16.3. The summed E-state index contributed by atoms with van der Waals surface area (Å²) in [6.45, 7) is 1.14. The lowest BCUT2D eigenvalue weighted by Crippen LogP contribution is -2.13. The van der Waals surface area contributed by atoms with Crippen LogP contribution in [0.4, 0.5) is 11.4 Å². The van der Waals surface area contributed by atoms with Crippen LogP contribution in [0.2, 0.25) is 0 Å². The molecule has 1 aromatic heterocycles. The van der Waals surface area contributed by atoms with Crippen molar-refractivity contribution in [2.75, 3.05) is 23.7 Å². The van der Waals surface area contributed by atoms with Crippen molar-refractivity contribution >= 4 is 23.2 Å². The summed E-state index contributed by atoms with van der Waals surface area (Å²) >= 11 is 0. The number of nitrogens with zero attached hydrogens (tertiary/aromatic N) is 1. The van der Waals surface area contributed by atoms with Gasteiger partial charge in [-0.1, -0.05) is 24.3 Å². The fourth-order valence-corrected chi connectivity index (χ4v) is 2.79. The van der Waals surface area contributed by atoms with Gasteiger partial charge in [-0.25, -0.2) is 0 Å². The molecule has 8 nitrogen and oxygen atoms in total. The van der Waals surface area contributed by atoms with Gasteiger partial charge in [-0.3, -0.25) is 14.7 Å². The van der Waals surface area contributed by atoms with E-state index in [0.717, 1.165) is 24.0 Å². The summed E-state index contributed by atoms with van der Waals surface area (Å²) in [4.78, 5) is 24.7. The molecule has 1 heterocycles. The Morgan fingerprint density at radius 2 is 1.28 bits per heavy atom. The van der Waals surface area contributed by atoms with Crippen LogP contribution in [-0.2, 0) is 12.8 Å². The van der Waals surface area contributed by atoms with Gasteiger partial charge in [0.05, 0.1) is 0 Å². The average molecular weight is 392 g/mol. The molecule has 0 saturated heterocycles. The predicted molar refractivity (Wildman–Crippen MR) is 113 cm³/mol. The Morgan fingerprint density at radius 1 is 0.793 bits per heavy atom. The van der Waals surface area contributed by atoms with Crippen LogP contribution in [0.3, 0.4) is 0 Å². The molecular weight excluding hydrogens is 368 g/mol. The molecule has 8 heteroatoms. The Hall–Kier alpha value is -3.49. The van der Waals surface area contributed by atoms with Crippen LogP contribution in [0.5, 0.6) is 0 Å². The number of aromatic amines is 1. The third-order valence-electron chi connectivity index (χ3n) is 4.34. The van der Waals surface area contributed by atoms with Gasteiger partial charge in [0.25, 0.3) is 11.8 Å². The number of hydrogen-bond donors (Lipinski definition) is 5. The van der Waals surface area contributed by atoms with Crippen LogP contribution in [0.15, 0.2) is 54.6 Å². The van der Waals surface area contributed by atoms with Crippen molar-refractivity contribution in [2.24, 2.45) is 11.5 Å². The molecule has 2 amide bonds. The van der Waals surface area contributed by atoms with Crippen molar-refractivity contribution in [1.29, 1.82) is 0 Å². The second-order valence-electron chi connectivity index (χ2n) is 6.55. The van der Waals surface area contributed by atoms with Gasteiger partial charge in [0.2, 0.25) is 0 Å². The van der Waals surface area contributed by atoms with E-state index in [4.69, 9.17) is 11.5 Å². The molecular formula is C21H24N6O2. The molecule has 0 bridgehead atoms. The van der Waals surface area contributed by atoms with E-state index in [1.54, 1.807) is 24.3 Å². The van der Waals surface area contributed by atoms with Crippen LogP contribution in [-0.4, -0.2) is 35.1 Å². The molecule has 7 N–H and O–H groups in total. The third-order valence-corrected chi connectivity index (χ3v) is 4.34. The van der Waals surface area contributed by atoms with Gasteiger partial charge in [0, 0.05) is 17.4 Å². The molecule has 0 atom stereocenters. The van der Waals surface area contributed by atoms with Crippen molar-refractivity contribution in [3.63, 3.8) is 0 Å². The Labute approximate surface area is 168 Å². The topological polar surface area (TPSA) is 139 Å². The number of amides is 2. The maximum atomic E-state index is 12.4. The van der Waals surface area contributed by atoms with Gasteiger partial charge < -0.3 is 22.1 Å². The van der Waals surface area contributed by atoms with Crippen molar-refractivity contribution < 1.29 is 9.59 Å². The van der Waals surface area contributed by atoms with Crippen LogP contribution < -0.4 is 22.1 Å². The van der Waals surface area contributed by atoms with E-state index < -0.39 is 5.91 Å². The smallest absolute Gasteiger partial charge is 0.276 e.